The Kier molecular flexibility index (Phi) is 4.24. The van der Waals surface area contributed by atoms with Crippen LogP contribution in [-0.4, -0.2) is 17.5 Å². The van der Waals surface area contributed by atoms with Gasteiger partial charge >= 0.3 is 0 Å². The standard InChI is InChI=1S/C20H18N2O2S/c1-13-21-18(12-25-13)14-6-8-17(9-7-14)22-20(23)16-10-15-4-2-3-5-19(15)24-11-16/h2-9,12,16H,10-11H2,1H3,(H,22,23). The number of ether oxygens (including phenoxy) is 1. The Morgan fingerprint density at radius 1 is 1.20 bits per heavy atom. The van der Waals surface area contributed by atoms with Gasteiger partial charge in [0.25, 0.3) is 0 Å². The summed E-state index contributed by atoms with van der Waals surface area (Å²) in [6.45, 7) is 2.41. The van der Waals surface area contributed by atoms with Crippen molar-refractivity contribution in [3.05, 3.63) is 64.5 Å². The summed E-state index contributed by atoms with van der Waals surface area (Å²) in [6, 6.07) is 15.7. The lowest BCUT2D eigenvalue weighted by Crippen LogP contribution is -2.32. The highest BCUT2D eigenvalue weighted by molar-refractivity contribution is 7.09. The predicted octanol–water partition coefficient (Wildman–Crippen LogP) is 4.31. The van der Waals surface area contributed by atoms with Gasteiger partial charge in [-0.2, -0.15) is 0 Å². The molecule has 1 aromatic heterocycles. The number of nitrogens with one attached hydrogen (secondary N) is 1. The average Bonchev–Trinajstić information content (AvgIpc) is 3.08. The minimum atomic E-state index is -0.171. The highest BCUT2D eigenvalue weighted by atomic mass is 32.1. The zero-order valence-electron chi connectivity index (χ0n) is 13.9. The fraction of sp³-hybridized carbons (Fsp3) is 0.200. The van der Waals surface area contributed by atoms with Gasteiger partial charge in [-0.05, 0) is 37.1 Å². The zero-order chi connectivity index (χ0) is 17.2. The molecule has 1 aliphatic rings. The van der Waals surface area contributed by atoms with Crippen LogP contribution in [0, 0.1) is 12.8 Å². The summed E-state index contributed by atoms with van der Waals surface area (Å²) in [4.78, 5) is 17.0. The molecule has 126 valence electrons. The van der Waals surface area contributed by atoms with E-state index in [1.807, 2.05) is 60.8 Å². The van der Waals surface area contributed by atoms with E-state index >= 15 is 0 Å². The van der Waals surface area contributed by atoms with Crippen LogP contribution in [0.5, 0.6) is 5.75 Å². The quantitative estimate of drug-likeness (QED) is 0.766. The molecule has 1 atom stereocenters. The van der Waals surface area contributed by atoms with Crippen LogP contribution in [0.4, 0.5) is 5.69 Å². The normalized spacial score (nSPS) is 16.0. The summed E-state index contributed by atoms with van der Waals surface area (Å²) in [6.07, 6.45) is 0.707. The van der Waals surface area contributed by atoms with Crippen LogP contribution in [0.25, 0.3) is 11.3 Å². The van der Waals surface area contributed by atoms with Gasteiger partial charge in [-0.1, -0.05) is 30.3 Å². The van der Waals surface area contributed by atoms with Gasteiger partial charge in [-0.15, -0.1) is 11.3 Å². The van der Waals surface area contributed by atoms with Crippen molar-refractivity contribution in [2.45, 2.75) is 13.3 Å². The Bertz CT molecular complexity index is 902. The molecule has 2 heterocycles. The molecule has 4 nitrogen and oxygen atoms in total. The summed E-state index contributed by atoms with van der Waals surface area (Å²) < 4.78 is 5.71. The van der Waals surface area contributed by atoms with Gasteiger partial charge in [0.2, 0.25) is 5.91 Å². The molecule has 0 saturated heterocycles. The number of amides is 1. The Labute approximate surface area is 150 Å². The molecule has 0 fully saturated rings. The lowest BCUT2D eigenvalue weighted by molar-refractivity contribution is -0.121. The molecule has 25 heavy (non-hydrogen) atoms. The second-order valence-corrected chi connectivity index (χ2v) is 7.20. The van der Waals surface area contributed by atoms with Gasteiger partial charge in [-0.25, -0.2) is 4.98 Å². The van der Waals surface area contributed by atoms with Crippen molar-refractivity contribution in [1.82, 2.24) is 4.98 Å². The third kappa shape index (κ3) is 3.42. The summed E-state index contributed by atoms with van der Waals surface area (Å²) >= 11 is 1.63. The summed E-state index contributed by atoms with van der Waals surface area (Å²) in [5.74, 6) is 0.706. The summed E-state index contributed by atoms with van der Waals surface area (Å²) in [5, 5.41) is 6.08. The maximum atomic E-state index is 12.5. The Hall–Kier alpha value is -2.66. The van der Waals surface area contributed by atoms with Crippen LogP contribution in [0.15, 0.2) is 53.9 Å². The minimum absolute atomic E-state index is 0.00763. The first-order valence-corrected chi connectivity index (χ1v) is 9.11. The van der Waals surface area contributed by atoms with E-state index in [1.54, 1.807) is 11.3 Å². The molecule has 2 aromatic carbocycles. The lowest BCUT2D eigenvalue weighted by Gasteiger charge is -2.24. The van der Waals surface area contributed by atoms with Crippen molar-refractivity contribution in [3.63, 3.8) is 0 Å². The highest BCUT2D eigenvalue weighted by Crippen LogP contribution is 2.28. The zero-order valence-corrected chi connectivity index (χ0v) is 14.7. The maximum absolute atomic E-state index is 12.5. The first kappa shape index (κ1) is 15.8. The SMILES string of the molecule is Cc1nc(-c2ccc(NC(=O)C3COc4ccccc4C3)cc2)cs1. The molecular weight excluding hydrogens is 332 g/mol. The summed E-state index contributed by atoms with van der Waals surface area (Å²) in [7, 11) is 0. The molecule has 1 unspecified atom stereocenters. The number of nitrogens with zero attached hydrogens (tertiary/aromatic N) is 1. The minimum Gasteiger partial charge on any atom is -0.492 e. The molecule has 0 radical (unpaired) electrons. The second-order valence-electron chi connectivity index (χ2n) is 6.14. The van der Waals surface area contributed by atoms with Crippen LogP contribution < -0.4 is 10.1 Å². The number of aryl methyl sites for hydroxylation is 1. The van der Waals surface area contributed by atoms with Crippen LogP contribution in [-0.2, 0) is 11.2 Å². The number of benzene rings is 2. The van der Waals surface area contributed by atoms with Gasteiger partial charge < -0.3 is 10.1 Å². The van der Waals surface area contributed by atoms with Crippen molar-refractivity contribution < 1.29 is 9.53 Å². The lowest BCUT2D eigenvalue weighted by atomic mass is 9.96. The fourth-order valence-corrected chi connectivity index (χ4v) is 3.58. The molecule has 1 N–H and O–H groups in total. The van der Waals surface area contributed by atoms with Gasteiger partial charge in [0, 0.05) is 16.6 Å². The number of anilines is 1. The number of hydrogen-bond donors (Lipinski definition) is 1. The Morgan fingerprint density at radius 3 is 2.76 bits per heavy atom. The van der Waals surface area contributed by atoms with E-state index in [0.29, 0.717) is 13.0 Å². The van der Waals surface area contributed by atoms with E-state index in [1.165, 1.54) is 0 Å². The van der Waals surface area contributed by atoms with Gasteiger partial charge in [0.1, 0.15) is 12.4 Å². The molecule has 0 saturated carbocycles. The molecule has 1 amide bonds. The van der Waals surface area contributed by atoms with Gasteiger partial charge in [-0.3, -0.25) is 4.79 Å². The number of rotatable bonds is 3. The van der Waals surface area contributed by atoms with Crippen molar-refractivity contribution in [2.24, 2.45) is 5.92 Å². The van der Waals surface area contributed by atoms with Gasteiger partial charge in [0.15, 0.2) is 0 Å². The second kappa shape index (κ2) is 6.69. The van der Waals surface area contributed by atoms with E-state index in [0.717, 1.165) is 33.3 Å². The molecule has 0 bridgehead atoms. The number of thiazole rings is 1. The van der Waals surface area contributed by atoms with E-state index in [4.69, 9.17) is 4.74 Å². The van der Waals surface area contributed by atoms with Crippen molar-refractivity contribution in [2.75, 3.05) is 11.9 Å². The van der Waals surface area contributed by atoms with Crippen molar-refractivity contribution >= 4 is 22.9 Å². The van der Waals surface area contributed by atoms with Crippen LogP contribution in [0.3, 0.4) is 0 Å². The van der Waals surface area contributed by atoms with Crippen molar-refractivity contribution in [3.8, 4) is 17.0 Å². The van der Waals surface area contributed by atoms with Crippen molar-refractivity contribution in [1.29, 1.82) is 0 Å². The monoisotopic (exact) mass is 350 g/mol. The molecule has 0 spiro atoms. The smallest absolute Gasteiger partial charge is 0.231 e. The fourth-order valence-electron chi connectivity index (χ4n) is 2.96. The molecule has 3 aromatic rings. The number of hydrogen-bond acceptors (Lipinski definition) is 4. The molecule has 1 aliphatic heterocycles. The van der Waals surface area contributed by atoms with Crippen LogP contribution >= 0.6 is 11.3 Å². The van der Waals surface area contributed by atoms with E-state index < -0.39 is 0 Å². The van der Waals surface area contributed by atoms with E-state index in [-0.39, 0.29) is 11.8 Å². The first-order valence-electron chi connectivity index (χ1n) is 8.23. The third-order valence-corrected chi connectivity index (χ3v) is 5.09. The number of carbonyl (C=O) groups excluding carboxylic acids is 1. The highest BCUT2D eigenvalue weighted by Gasteiger charge is 2.25. The number of aromatic nitrogens is 1. The number of para-hydroxylation sites is 1. The summed E-state index contributed by atoms with van der Waals surface area (Å²) in [5.41, 5.74) is 3.90. The molecule has 0 aliphatic carbocycles. The van der Waals surface area contributed by atoms with E-state index in [2.05, 4.69) is 10.3 Å². The third-order valence-electron chi connectivity index (χ3n) is 4.32. The largest absolute Gasteiger partial charge is 0.492 e. The predicted molar refractivity (Wildman–Crippen MR) is 100 cm³/mol. The molecule has 5 heteroatoms. The Morgan fingerprint density at radius 2 is 2.00 bits per heavy atom. The number of fused-ring (bicyclic) bond motifs is 1. The van der Waals surface area contributed by atoms with E-state index in [9.17, 15) is 4.79 Å². The topological polar surface area (TPSA) is 51.2 Å². The maximum Gasteiger partial charge on any atom is 0.231 e. The molecule has 4 rings (SSSR count). The van der Waals surface area contributed by atoms with Crippen LogP contribution in [0.1, 0.15) is 10.6 Å². The number of carbonyl (C=O) groups is 1. The molecular formula is C20H18N2O2S. The Balaban J connectivity index is 1.43. The van der Waals surface area contributed by atoms with Gasteiger partial charge in [0.05, 0.1) is 16.6 Å². The van der Waals surface area contributed by atoms with Crippen LogP contribution in [0.2, 0.25) is 0 Å². The first-order chi connectivity index (χ1) is 12.2. The average molecular weight is 350 g/mol.